The van der Waals surface area contributed by atoms with Crippen LogP contribution in [-0.2, 0) is 11.2 Å². The molecule has 2 heterocycles. The van der Waals surface area contributed by atoms with Gasteiger partial charge in [-0.1, -0.05) is 0 Å². The molecular weight excluding hydrogens is 216 g/mol. The average Bonchev–Trinajstić information content (AvgIpc) is 2.95. The van der Waals surface area contributed by atoms with Crippen molar-refractivity contribution < 1.29 is 9.21 Å². The van der Waals surface area contributed by atoms with Gasteiger partial charge in [-0.3, -0.25) is 4.79 Å². The third kappa shape index (κ3) is 3.09. The normalized spacial score (nSPS) is 19.5. The van der Waals surface area contributed by atoms with E-state index in [1.807, 2.05) is 26.1 Å². The average molecular weight is 236 g/mol. The molecule has 1 aliphatic heterocycles. The predicted molar refractivity (Wildman–Crippen MR) is 65.8 cm³/mol. The summed E-state index contributed by atoms with van der Waals surface area (Å²) in [5, 5.41) is 3.22. The third-order valence-electron chi connectivity index (χ3n) is 3.22. The van der Waals surface area contributed by atoms with Crippen LogP contribution in [-0.4, -0.2) is 37.0 Å². The molecule has 4 heteroatoms. The molecule has 0 saturated carbocycles. The van der Waals surface area contributed by atoms with Gasteiger partial charge in [0.15, 0.2) is 0 Å². The molecule has 17 heavy (non-hydrogen) atoms. The number of amides is 1. The van der Waals surface area contributed by atoms with E-state index in [4.69, 9.17) is 4.42 Å². The van der Waals surface area contributed by atoms with Crippen molar-refractivity contribution in [2.45, 2.75) is 32.2 Å². The first-order valence-corrected chi connectivity index (χ1v) is 6.20. The Hall–Kier alpha value is -1.29. The second-order valence-corrected chi connectivity index (χ2v) is 4.67. The maximum atomic E-state index is 12.0. The van der Waals surface area contributed by atoms with Crippen molar-refractivity contribution in [3.05, 3.63) is 23.7 Å². The van der Waals surface area contributed by atoms with Crippen LogP contribution in [0.3, 0.4) is 0 Å². The number of carbonyl (C=O) groups excluding carboxylic acids is 1. The molecule has 0 aromatic carbocycles. The highest BCUT2D eigenvalue weighted by atomic mass is 16.3. The molecule has 0 spiro atoms. The van der Waals surface area contributed by atoms with Crippen LogP contribution in [0.15, 0.2) is 16.5 Å². The van der Waals surface area contributed by atoms with Crippen LogP contribution in [0.25, 0.3) is 0 Å². The fourth-order valence-corrected chi connectivity index (χ4v) is 2.17. The zero-order valence-corrected chi connectivity index (χ0v) is 10.5. The van der Waals surface area contributed by atoms with Crippen molar-refractivity contribution in [3.63, 3.8) is 0 Å². The SMILES string of the molecule is Cc1ccc(CCN(C)C(=O)C2CCCN2)o1. The van der Waals surface area contributed by atoms with Crippen molar-refractivity contribution in [1.82, 2.24) is 10.2 Å². The van der Waals surface area contributed by atoms with Crippen molar-refractivity contribution in [2.75, 3.05) is 20.1 Å². The van der Waals surface area contributed by atoms with Gasteiger partial charge in [0.1, 0.15) is 11.5 Å². The summed E-state index contributed by atoms with van der Waals surface area (Å²) in [7, 11) is 1.86. The number of aryl methyl sites for hydroxylation is 1. The van der Waals surface area contributed by atoms with Crippen LogP contribution in [0.2, 0.25) is 0 Å². The zero-order chi connectivity index (χ0) is 12.3. The van der Waals surface area contributed by atoms with E-state index in [1.165, 1.54) is 0 Å². The minimum Gasteiger partial charge on any atom is -0.466 e. The van der Waals surface area contributed by atoms with Crippen molar-refractivity contribution in [1.29, 1.82) is 0 Å². The Labute approximate surface area is 102 Å². The van der Waals surface area contributed by atoms with E-state index in [2.05, 4.69) is 5.32 Å². The van der Waals surface area contributed by atoms with E-state index in [0.29, 0.717) is 6.54 Å². The molecule has 1 fully saturated rings. The topological polar surface area (TPSA) is 45.5 Å². The monoisotopic (exact) mass is 236 g/mol. The molecule has 1 N–H and O–H groups in total. The lowest BCUT2D eigenvalue weighted by Gasteiger charge is -2.20. The minimum atomic E-state index is 0.0262. The minimum absolute atomic E-state index is 0.0262. The number of carbonyl (C=O) groups is 1. The van der Waals surface area contributed by atoms with Gasteiger partial charge in [0, 0.05) is 20.0 Å². The Bertz CT molecular complexity index is 381. The highest BCUT2D eigenvalue weighted by molar-refractivity contribution is 5.81. The molecule has 0 radical (unpaired) electrons. The molecule has 94 valence electrons. The van der Waals surface area contributed by atoms with E-state index in [-0.39, 0.29) is 11.9 Å². The van der Waals surface area contributed by atoms with Gasteiger partial charge in [0.05, 0.1) is 6.04 Å². The van der Waals surface area contributed by atoms with Gasteiger partial charge in [-0.25, -0.2) is 0 Å². The molecule has 0 aliphatic carbocycles. The molecule has 1 aliphatic rings. The molecular formula is C13H20N2O2. The number of nitrogens with zero attached hydrogens (tertiary/aromatic N) is 1. The lowest BCUT2D eigenvalue weighted by atomic mass is 10.2. The van der Waals surface area contributed by atoms with Crippen molar-refractivity contribution >= 4 is 5.91 Å². The van der Waals surface area contributed by atoms with Crippen LogP contribution in [0, 0.1) is 6.92 Å². The first-order valence-electron chi connectivity index (χ1n) is 6.20. The lowest BCUT2D eigenvalue weighted by Crippen LogP contribution is -2.42. The van der Waals surface area contributed by atoms with Crippen LogP contribution >= 0.6 is 0 Å². The fourth-order valence-electron chi connectivity index (χ4n) is 2.17. The van der Waals surface area contributed by atoms with Gasteiger partial charge in [-0.15, -0.1) is 0 Å². The van der Waals surface area contributed by atoms with E-state index in [1.54, 1.807) is 4.90 Å². The summed E-state index contributed by atoms with van der Waals surface area (Å²) in [5.41, 5.74) is 0. The summed E-state index contributed by atoms with van der Waals surface area (Å²) in [5.74, 6) is 2.07. The highest BCUT2D eigenvalue weighted by Gasteiger charge is 2.24. The summed E-state index contributed by atoms with van der Waals surface area (Å²) >= 11 is 0. The highest BCUT2D eigenvalue weighted by Crippen LogP contribution is 2.10. The molecule has 1 unspecified atom stereocenters. The molecule has 0 bridgehead atoms. The predicted octanol–water partition coefficient (Wildman–Crippen LogP) is 1.34. The summed E-state index contributed by atoms with van der Waals surface area (Å²) < 4.78 is 5.49. The Morgan fingerprint density at radius 2 is 2.41 bits per heavy atom. The number of rotatable bonds is 4. The molecule has 1 atom stereocenters. The Morgan fingerprint density at radius 1 is 1.59 bits per heavy atom. The maximum absolute atomic E-state index is 12.0. The number of hydrogen-bond donors (Lipinski definition) is 1. The van der Waals surface area contributed by atoms with Gasteiger partial charge in [-0.05, 0) is 38.4 Å². The Morgan fingerprint density at radius 3 is 3.00 bits per heavy atom. The number of nitrogens with one attached hydrogen (secondary N) is 1. The van der Waals surface area contributed by atoms with Gasteiger partial charge in [0.2, 0.25) is 5.91 Å². The van der Waals surface area contributed by atoms with Gasteiger partial charge < -0.3 is 14.6 Å². The van der Waals surface area contributed by atoms with E-state index in [9.17, 15) is 4.79 Å². The van der Waals surface area contributed by atoms with Gasteiger partial charge >= 0.3 is 0 Å². The maximum Gasteiger partial charge on any atom is 0.239 e. The van der Waals surface area contributed by atoms with Crippen LogP contribution < -0.4 is 5.32 Å². The summed E-state index contributed by atoms with van der Waals surface area (Å²) in [6.45, 7) is 3.60. The molecule has 1 aromatic rings. The smallest absolute Gasteiger partial charge is 0.239 e. The van der Waals surface area contributed by atoms with Crippen LogP contribution in [0.5, 0.6) is 0 Å². The van der Waals surface area contributed by atoms with Crippen molar-refractivity contribution in [2.24, 2.45) is 0 Å². The van der Waals surface area contributed by atoms with Gasteiger partial charge in [0.25, 0.3) is 0 Å². The van der Waals surface area contributed by atoms with Crippen LogP contribution in [0.4, 0.5) is 0 Å². The summed E-state index contributed by atoms with van der Waals surface area (Å²) in [4.78, 5) is 13.8. The zero-order valence-electron chi connectivity index (χ0n) is 10.5. The van der Waals surface area contributed by atoms with Gasteiger partial charge in [-0.2, -0.15) is 0 Å². The van der Waals surface area contributed by atoms with Crippen molar-refractivity contribution in [3.8, 4) is 0 Å². The fraction of sp³-hybridized carbons (Fsp3) is 0.615. The first kappa shape index (κ1) is 12.2. The third-order valence-corrected chi connectivity index (χ3v) is 3.22. The molecule has 1 aromatic heterocycles. The lowest BCUT2D eigenvalue weighted by molar-refractivity contribution is -0.131. The summed E-state index contributed by atoms with van der Waals surface area (Å²) in [6, 6.07) is 3.95. The molecule has 1 amide bonds. The second-order valence-electron chi connectivity index (χ2n) is 4.67. The van der Waals surface area contributed by atoms with Crippen LogP contribution in [0.1, 0.15) is 24.4 Å². The summed E-state index contributed by atoms with van der Waals surface area (Å²) in [6.07, 6.45) is 2.84. The largest absolute Gasteiger partial charge is 0.466 e. The standard InChI is InChI=1S/C13H20N2O2/c1-10-5-6-11(17-10)7-9-15(2)13(16)12-4-3-8-14-12/h5-6,12,14H,3-4,7-9H2,1-2H3. The Kier molecular flexibility index (Phi) is 3.84. The Balaban J connectivity index is 1.80. The number of furan rings is 1. The quantitative estimate of drug-likeness (QED) is 0.858. The number of likely N-dealkylation sites (N-methyl/N-ethyl adjacent to an activating group) is 1. The van der Waals surface area contributed by atoms with E-state index in [0.717, 1.165) is 37.3 Å². The molecule has 2 rings (SSSR count). The molecule has 1 saturated heterocycles. The van der Waals surface area contributed by atoms with E-state index >= 15 is 0 Å². The first-order chi connectivity index (χ1) is 8.16. The number of hydrogen-bond acceptors (Lipinski definition) is 3. The molecule has 4 nitrogen and oxygen atoms in total. The van der Waals surface area contributed by atoms with E-state index < -0.39 is 0 Å². The second kappa shape index (κ2) is 5.36.